The van der Waals surface area contributed by atoms with E-state index in [0.717, 1.165) is 10.9 Å². The van der Waals surface area contributed by atoms with Gasteiger partial charge in [0.25, 0.3) is 0 Å². The number of hydrogen-bond acceptors (Lipinski definition) is 2. The van der Waals surface area contributed by atoms with Crippen LogP contribution >= 0.6 is 27.5 Å². The van der Waals surface area contributed by atoms with E-state index in [-0.39, 0.29) is 12.0 Å². The summed E-state index contributed by atoms with van der Waals surface area (Å²) in [5, 5.41) is 10.0. The monoisotopic (exact) mass is 289 g/mol. The first-order valence-electron chi connectivity index (χ1n) is 4.89. The Bertz CT molecular complexity index is 379. The molecule has 15 heavy (non-hydrogen) atoms. The van der Waals surface area contributed by atoms with E-state index in [9.17, 15) is 5.11 Å². The smallest absolute Gasteiger partial charge is 0.0505 e. The van der Waals surface area contributed by atoms with Gasteiger partial charge in [-0.1, -0.05) is 33.6 Å². The highest BCUT2D eigenvalue weighted by atomic mass is 79.9. The number of nitrogens with two attached hydrogens (primary N) is 1. The molecule has 0 amide bonds. The Morgan fingerprint density at radius 1 is 1.60 bits per heavy atom. The van der Waals surface area contributed by atoms with Crippen LogP contribution in [-0.4, -0.2) is 18.3 Å². The molecule has 82 valence electrons. The van der Waals surface area contributed by atoms with Crippen molar-refractivity contribution in [3.05, 3.63) is 33.3 Å². The molecule has 1 saturated carbocycles. The van der Waals surface area contributed by atoms with Crippen LogP contribution in [0.3, 0.4) is 0 Å². The van der Waals surface area contributed by atoms with Gasteiger partial charge in [0, 0.05) is 21.5 Å². The second kappa shape index (κ2) is 4.06. The van der Waals surface area contributed by atoms with Crippen molar-refractivity contribution in [3.8, 4) is 0 Å². The molecule has 4 heteroatoms. The fourth-order valence-corrected chi connectivity index (χ4v) is 3.00. The maximum atomic E-state index is 9.31. The molecule has 1 aromatic carbocycles. The van der Waals surface area contributed by atoms with E-state index >= 15 is 0 Å². The van der Waals surface area contributed by atoms with Crippen molar-refractivity contribution in [1.29, 1.82) is 0 Å². The topological polar surface area (TPSA) is 46.2 Å². The molecule has 0 saturated heterocycles. The summed E-state index contributed by atoms with van der Waals surface area (Å²) in [7, 11) is 0. The summed E-state index contributed by atoms with van der Waals surface area (Å²) in [6, 6.07) is 5.76. The van der Waals surface area contributed by atoms with E-state index in [4.69, 9.17) is 17.3 Å². The Morgan fingerprint density at radius 3 is 2.80 bits per heavy atom. The molecule has 2 atom stereocenters. The number of halogens is 2. The molecule has 0 heterocycles. The number of benzene rings is 1. The lowest BCUT2D eigenvalue weighted by molar-refractivity contribution is 0.211. The second-order valence-electron chi connectivity index (χ2n) is 4.15. The van der Waals surface area contributed by atoms with Gasteiger partial charge in [-0.25, -0.2) is 0 Å². The summed E-state index contributed by atoms with van der Waals surface area (Å²) >= 11 is 9.37. The van der Waals surface area contributed by atoms with Crippen LogP contribution in [0.5, 0.6) is 0 Å². The summed E-state index contributed by atoms with van der Waals surface area (Å²) in [5.41, 5.74) is 6.78. The Kier molecular flexibility index (Phi) is 3.08. The molecule has 1 fully saturated rings. The van der Waals surface area contributed by atoms with Crippen LogP contribution < -0.4 is 5.73 Å². The van der Waals surface area contributed by atoms with Gasteiger partial charge in [-0.15, -0.1) is 0 Å². The molecule has 0 aromatic heterocycles. The van der Waals surface area contributed by atoms with Crippen molar-refractivity contribution in [1.82, 2.24) is 0 Å². The summed E-state index contributed by atoms with van der Waals surface area (Å²) in [6.45, 7) is 0.687. The zero-order chi connectivity index (χ0) is 11.1. The normalized spacial score (nSPS) is 29.2. The second-order valence-corrected chi connectivity index (χ2v) is 5.44. The highest BCUT2D eigenvalue weighted by molar-refractivity contribution is 9.10. The number of rotatable bonds is 3. The highest BCUT2D eigenvalue weighted by Crippen LogP contribution is 2.59. The molecule has 2 unspecified atom stereocenters. The van der Waals surface area contributed by atoms with Crippen LogP contribution in [0.15, 0.2) is 22.7 Å². The molecule has 1 aromatic rings. The van der Waals surface area contributed by atoms with E-state index in [1.807, 2.05) is 18.2 Å². The molecule has 1 aliphatic rings. The molecule has 0 bridgehead atoms. The molecular formula is C11H13BrClNO. The summed E-state index contributed by atoms with van der Waals surface area (Å²) in [5.74, 6) is 0.360. The van der Waals surface area contributed by atoms with Crippen LogP contribution in [0, 0.1) is 5.41 Å². The van der Waals surface area contributed by atoms with Gasteiger partial charge < -0.3 is 10.8 Å². The van der Waals surface area contributed by atoms with E-state index in [0.29, 0.717) is 17.5 Å². The minimum atomic E-state index is -0.101. The van der Waals surface area contributed by atoms with Gasteiger partial charge in [-0.3, -0.25) is 0 Å². The van der Waals surface area contributed by atoms with Gasteiger partial charge >= 0.3 is 0 Å². The Morgan fingerprint density at radius 2 is 2.33 bits per heavy atom. The van der Waals surface area contributed by atoms with Gasteiger partial charge in [0.2, 0.25) is 0 Å². The predicted octanol–water partition coefficient (Wildman–Crippen LogP) is 2.53. The average molecular weight is 291 g/mol. The van der Waals surface area contributed by atoms with Gasteiger partial charge in [0.1, 0.15) is 0 Å². The third-order valence-corrected chi connectivity index (χ3v) is 4.17. The van der Waals surface area contributed by atoms with Gasteiger partial charge in [0.15, 0.2) is 0 Å². The molecule has 0 radical (unpaired) electrons. The minimum Gasteiger partial charge on any atom is -0.396 e. The fourth-order valence-electron chi connectivity index (χ4n) is 2.04. The first kappa shape index (κ1) is 11.4. The van der Waals surface area contributed by atoms with Crippen molar-refractivity contribution in [2.24, 2.45) is 11.1 Å². The fraction of sp³-hybridized carbons (Fsp3) is 0.455. The van der Waals surface area contributed by atoms with Crippen molar-refractivity contribution in [2.75, 3.05) is 13.2 Å². The number of aliphatic hydroxyl groups is 1. The summed E-state index contributed by atoms with van der Waals surface area (Å²) < 4.78 is 1.00. The van der Waals surface area contributed by atoms with Crippen LogP contribution in [0.2, 0.25) is 5.02 Å². The van der Waals surface area contributed by atoms with Gasteiger partial charge in [-0.05, 0) is 30.0 Å². The van der Waals surface area contributed by atoms with Crippen molar-refractivity contribution in [2.45, 2.75) is 12.3 Å². The van der Waals surface area contributed by atoms with E-state index in [2.05, 4.69) is 15.9 Å². The summed E-state index contributed by atoms with van der Waals surface area (Å²) in [4.78, 5) is 0. The van der Waals surface area contributed by atoms with Crippen LogP contribution in [0.25, 0.3) is 0 Å². The zero-order valence-corrected chi connectivity index (χ0v) is 10.6. The maximum absolute atomic E-state index is 9.31. The molecule has 1 aliphatic carbocycles. The van der Waals surface area contributed by atoms with E-state index in [1.165, 1.54) is 5.56 Å². The van der Waals surface area contributed by atoms with Crippen molar-refractivity contribution < 1.29 is 5.11 Å². The number of hydrogen-bond donors (Lipinski definition) is 2. The predicted molar refractivity (Wildman–Crippen MR) is 65.1 cm³/mol. The summed E-state index contributed by atoms with van der Waals surface area (Å²) in [6.07, 6.45) is 0.959. The lowest BCUT2D eigenvalue weighted by atomic mass is 10.0. The van der Waals surface area contributed by atoms with E-state index in [1.54, 1.807) is 0 Å². The van der Waals surface area contributed by atoms with Crippen LogP contribution in [0.4, 0.5) is 0 Å². The SMILES string of the molecule is NCC1(CO)CC1c1ccc(Cl)cc1Br. The number of aliphatic hydroxyl groups excluding tert-OH is 1. The third kappa shape index (κ3) is 1.94. The first-order valence-corrected chi connectivity index (χ1v) is 6.06. The lowest BCUT2D eigenvalue weighted by Crippen LogP contribution is -2.21. The van der Waals surface area contributed by atoms with Gasteiger partial charge in [-0.2, -0.15) is 0 Å². The van der Waals surface area contributed by atoms with Crippen LogP contribution in [-0.2, 0) is 0 Å². The van der Waals surface area contributed by atoms with Crippen LogP contribution in [0.1, 0.15) is 17.9 Å². The lowest BCUT2D eigenvalue weighted by Gasteiger charge is -2.12. The standard InChI is InChI=1S/C11H13BrClNO/c12-10-3-7(13)1-2-8(10)9-4-11(9,5-14)6-15/h1-3,9,15H,4-6,14H2. The molecule has 2 nitrogen and oxygen atoms in total. The van der Waals surface area contributed by atoms with Crippen molar-refractivity contribution >= 4 is 27.5 Å². The molecule has 3 N–H and O–H groups in total. The Labute approximate surface area is 103 Å². The maximum Gasteiger partial charge on any atom is 0.0505 e. The molecule has 0 spiro atoms. The Balaban J connectivity index is 2.26. The molecular weight excluding hydrogens is 277 g/mol. The molecule has 0 aliphatic heterocycles. The highest BCUT2D eigenvalue weighted by Gasteiger charge is 2.53. The largest absolute Gasteiger partial charge is 0.396 e. The molecule has 2 rings (SSSR count). The van der Waals surface area contributed by atoms with Gasteiger partial charge in [0.05, 0.1) is 6.61 Å². The quantitative estimate of drug-likeness (QED) is 0.898. The third-order valence-electron chi connectivity index (χ3n) is 3.25. The van der Waals surface area contributed by atoms with Crippen molar-refractivity contribution in [3.63, 3.8) is 0 Å². The first-order chi connectivity index (χ1) is 7.13. The average Bonchev–Trinajstić information content (AvgIpc) is 2.93. The zero-order valence-electron chi connectivity index (χ0n) is 8.21. The van der Waals surface area contributed by atoms with E-state index < -0.39 is 0 Å². The minimum absolute atomic E-state index is 0.101. The Hall–Kier alpha value is -0.0900.